The fourth-order valence-electron chi connectivity index (χ4n) is 3.93. The maximum Gasteiger partial charge on any atom is 0.408 e. The predicted molar refractivity (Wildman–Crippen MR) is 76.4 cm³/mol. The zero-order valence-electron chi connectivity index (χ0n) is 12.9. The van der Waals surface area contributed by atoms with Gasteiger partial charge in [-0.25, -0.2) is 0 Å². The van der Waals surface area contributed by atoms with E-state index < -0.39 is 24.0 Å². The summed E-state index contributed by atoms with van der Waals surface area (Å²) >= 11 is 0. The van der Waals surface area contributed by atoms with E-state index in [1.807, 2.05) is 5.32 Å². The van der Waals surface area contributed by atoms with Crippen LogP contribution in [-0.2, 0) is 9.59 Å². The molecule has 2 amide bonds. The summed E-state index contributed by atoms with van der Waals surface area (Å²) in [5.41, 5.74) is 0.257. The van der Waals surface area contributed by atoms with Crippen molar-refractivity contribution in [2.75, 3.05) is 26.2 Å². The second-order valence-corrected chi connectivity index (χ2v) is 6.98. The maximum atomic E-state index is 12.7. The molecule has 5 nitrogen and oxygen atoms in total. The number of nitrogens with zero attached hydrogens (tertiary/aromatic N) is 1. The highest BCUT2D eigenvalue weighted by atomic mass is 19.4. The van der Waals surface area contributed by atoms with Crippen molar-refractivity contribution in [1.29, 1.82) is 0 Å². The number of nitrogens with one attached hydrogen (secondary N) is 2. The van der Waals surface area contributed by atoms with E-state index in [4.69, 9.17) is 0 Å². The van der Waals surface area contributed by atoms with Crippen LogP contribution >= 0.6 is 0 Å². The second-order valence-electron chi connectivity index (χ2n) is 6.98. The van der Waals surface area contributed by atoms with Gasteiger partial charge in [-0.3, -0.25) is 9.59 Å². The zero-order valence-corrected chi connectivity index (χ0v) is 12.9. The number of hydrogen-bond donors (Lipinski definition) is 2. The first-order valence-electron chi connectivity index (χ1n) is 8.17. The second kappa shape index (κ2) is 5.96. The van der Waals surface area contributed by atoms with E-state index in [1.165, 1.54) is 0 Å². The quantitative estimate of drug-likeness (QED) is 0.705. The Bertz CT molecular complexity index is 479. The first kappa shape index (κ1) is 16.5. The minimum absolute atomic E-state index is 0.0297. The summed E-state index contributed by atoms with van der Waals surface area (Å²) < 4.78 is 38.0. The molecule has 3 rings (SSSR count). The molecule has 0 radical (unpaired) electrons. The molecule has 130 valence electrons. The third-order valence-electron chi connectivity index (χ3n) is 5.54. The molecule has 0 aromatic rings. The average molecular weight is 333 g/mol. The highest BCUT2D eigenvalue weighted by Crippen LogP contribution is 2.37. The lowest BCUT2D eigenvalue weighted by atomic mass is 9.77. The molecule has 1 spiro atoms. The molecule has 3 aliphatic heterocycles. The van der Waals surface area contributed by atoms with Crippen LogP contribution in [0.2, 0.25) is 0 Å². The molecule has 3 heterocycles. The summed E-state index contributed by atoms with van der Waals surface area (Å²) in [7, 11) is 0. The van der Waals surface area contributed by atoms with Crippen molar-refractivity contribution in [2.24, 2.45) is 11.3 Å². The van der Waals surface area contributed by atoms with E-state index in [0.717, 1.165) is 32.4 Å². The van der Waals surface area contributed by atoms with Gasteiger partial charge in [-0.15, -0.1) is 0 Å². The topological polar surface area (TPSA) is 61.4 Å². The molecule has 3 fully saturated rings. The molecule has 3 saturated heterocycles. The number of hydrogen-bond acceptors (Lipinski definition) is 3. The van der Waals surface area contributed by atoms with Crippen molar-refractivity contribution in [3.05, 3.63) is 0 Å². The summed E-state index contributed by atoms with van der Waals surface area (Å²) in [5, 5.41) is 5.30. The number of piperidine rings is 2. The van der Waals surface area contributed by atoms with Crippen molar-refractivity contribution in [3.8, 4) is 0 Å². The van der Waals surface area contributed by atoms with Gasteiger partial charge in [0.2, 0.25) is 11.8 Å². The Balaban J connectivity index is 1.56. The molecule has 0 aromatic heterocycles. The van der Waals surface area contributed by atoms with Crippen LogP contribution in [0.4, 0.5) is 13.2 Å². The molecular formula is C15H22F3N3O2. The Morgan fingerprint density at radius 3 is 2.39 bits per heavy atom. The van der Waals surface area contributed by atoms with Gasteiger partial charge < -0.3 is 15.5 Å². The molecule has 2 N–H and O–H groups in total. The van der Waals surface area contributed by atoms with Gasteiger partial charge in [0.05, 0.1) is 0 Å². The van der Waals surface area contributed by atoms with Crippen LogP contribution in [0.15, 0.2) is 0 Å². The molecule has 0 aliphatic carbocycles. The first-order chi connectivity index (χ1) is 10.8. The molecule has 3 aliphatic rings. The van der Waals surface area contributed by atoms with E-state index in [2.05, 4.69) is 5.32 Å². The van der Waals surface area contributed by atoms with Gasteiger partial charge in [-0.1, -0.05) is 0 Å². The molecule has 2 atom stereocenters. The number of likely N-dealkylation sites (tertiary alicyclic amines) is 1. The highest BCUT2D eigenvalue weighted by Gasteiger charge is 2.47. The van der Waals surface area contributed by atoms with Crippen molar-refractivity contribution >= 4 is 11.8 Å². The van der Waals surface area contributed by atoms with Gasteiger partial charge in [0.15, 0.2) is 0 Å². The Morgan fingerprint density at radius 2 is 1.87 bits per heavy atom. The lowest BCUT2D eigenvalue weighted by molar-refractivity contribution is -0.172. The molecule has 2 unspecified atom stereocenters. The van der Waals surface area contributed by atoms with Crippen LogP contribution in [-0.4, -0.2) is 55.1 Å². The van der Waals surface area contributed by atoms with Crippen LogP contribution in [0.1, 0.15) is 32.1 Å². The normalized spacial score (nSPS) is 31.3. The Hall–Kier alpha value is -1.31. The van der Waals surface area contributed by atoms with Gasteiger partial charge in [0.25, 0.3) is 0 Å². The zero-order chi connectivity index (χ0) is 16.7. The number of carbonyl (C=O) groups excluding carboxylic acids is 2. The Labute approximate surface area is 133 Å². The van der Waals surface area contributed by atoms with E-state index in [1.54, 1.807) is 4.90 Å². The number of alkyl halides is 3. The van der Waals surface area contributed by atoms with Gasteiger partial charge in [-0.2, -0.15) is 13.2 Å². The van der Waals surface area contributed by atoms with E-state index in [9.17, 15) is 22.8 Å². The number of carbonyl (C=O) groups is 2. The van der Waals surface area contributed by atoms with Crippen molar-refractivity contribution in [2.45, 2.75) is 44.3 Å². The minimum atomic E-state index is -4.45. The third kappa shape index (κ3) is 3.32. The van der Waals surface area contributed by atoms with Crippen LogP contribution in [0.25, 0.3) is 0 Å². The van der Waals surface area contributed by atoms with Gasteiger partial charge in [0, 0.05) is 19.6 Å². The molecule has 0 bridgehead atoms. The smallest absolute Gasteiger partial charge is 0.344 e. The summed E-state index contributed by atoms with van der Waals surface area (Å²) in [6.07, 6.45) is -1.81. The first-order valence-corrected chi connectivity index (χ1v) is 8.17. The fraction of sp³-hybridized carbons (Fsp3) is 0.867. The van der Waals surface area contributed by atoms with Crippen LogP contribution in [0.5, 0.6) is 0 Å². The van der Waals surface area contributed by atoms with Gasteiger partial charge in [-0.05, 0) is 44.1 Å². The highest BCUT2D eigenvalue weighted by molar-refractivity contribution is 6.00. The molecule has 0 aromatic carbocycles. The lowest BCUT2D eigenvalue weighted by Crippen LogP contribution is -2.56. The average Bonchev–Trinajstić information content (AvgIpc) is 2.94. The summed E-state index contributed by atoms with van der Waals surface area (Å²) in [4.78, 5) is 26.1. The molecular weight excluding hydrogens is 311 g/mol. The third-order valence-corrected chi connectivity index (χ3v) is 5.54. The van der Waals surface area contributed by atoms with Crippen LogP contribution < -0.4 is 10.6 Å². The lowest BCUT2D eigenvalue weighted by Gasteiger charge is -2.40. The predicted octanol–water partition coefficient (Wildman–Crippen LogP) is 1.05. The van der Waals surface area contributed by atoms with Crippen molar-refractivity contribution in [3.63, 3.8) is 0 Å². The van der Waals surface area contributed by atoms with Gasteiger partial charge >= 0.3 is 6.18 Å². The number of rotatable bonds is 1. The maximum absolute atomic E-state index is 12.7. The van der Waals surface area contributed by atoms with Gasteiger partial charge in [0.1, 0.15) is 12.0 Å². The van der Waals surface area contributed by atoms with Crippen LogP contribution in [0.3, 0.4) is 0 Å². The van der Waals surface area contributed by atoms with E-state index in [0.29, 0.717) is 13.1 Å². The summed E-state index contributed by atoms with van der Waals surface area (Å²) in [6, 6.07) is -1.83. The summed E-state index contributed by atoms with van der Waals surface area (Å²) in [5.74, 6) is -2.07. The standard InChI is InChI=1S/C15H22F3N3O2/c16-15(17,18)11-2-1-10(12(22)20-11)13(23)21-7-4-14(5-8-21)3-6-19-9-14/h10-11,19H,1-9H2,(H,20,22). The van der Waals surface area contributed by atoms with Crippen molar-refractivity contribution in [1.82, 2.24) is 15.5 Å². The largest absolute Gasteiger partial charge is 0.408 e. The Morgan fingerprint density at radius 1 is 1.17 bits per heavy atom. The molecule has 0 saturated carbocycles. The monoisotopic (exact) mass is 333 g/mol. The van der Waals surface area contributed by atoms with Crippen LogP contribution in [0, 0.1) is 11.3 Å². The van der Waals surface area contributed by atoms with E-state index in [-0.39, 0.29) is 24.2 Å². The number of amides is 2. The molecule has 23 heavy (non-hydrogen) atoms. The SMILES string of the molecule is O=C1NC(C(F)(F)F)CCC1C(=O)N1CCC2(CCNC2)CC1. The Kier molecular flexibility index (Phi) is 4.29. The fourth-order valence-corrected chi connectivity index (χ4v) is 3.93. The minimum Gasteiger partial charge on any atom is -0.344 e. The van der Waals surface area contributed by atoms with Crippen molar-refractivity contribution < 1.29 is 22.8 Å². The summed E-state index contributed by atoms with van der Waals surface area (Å²) in [6.45, 7) is 3.14. The van der Waals surface area contributed by atoms with E-state index >= 15 is 0 Å². The molecule has 8 heteroatoms. The number of halogens is 3.